The van der Waals surface area contributed by atoms with E-state index in [1.807, 2.05) is 18.2 Å². The molecule has 2 aliphatic rings. The summed E-state index contributed by atoms with van der Waals surface area (Å²) in [6.45, 7) is 2.68. The molecule has 2 N–H and O–H groups in total. The third-order valence-electron chi connectivity index (χ3n) is 4.66. The number of para-hydroxylation sites is 1. The normalized spacial score (nSPS) is 19.5. The van der Waals surface area contributed by atoms with Crippen LogP contribution in [0, 0.1) is 0 Å². The summed E-state index contributed by atoms with van der Waals surface area (Å²) in [6.07, 6.45) is 9.08. The van der Waals surface area contributed by atoms with Crippen LogP contribution in [0.15, 0.2) is 29.3 Å². The molecule has 1 aromatic carbocycles. The molecule has 5 heteroatoms. The van der Waals surface area contributed by atoms with Crippen molar-refractivity contribution in [2.75, 3.05) is 13.1 Å². The van der Waals surface area contributed by atoms with E-state index < -0.39 is 0 Å². The van der Waals surface area contributed by atoms with Gasteiger partial charge in [0.2, 0.25) is 0 Å². The molecule has 0 bridgehead atoms. The van der Waals surface area contributed by atoms with Gasteiger partial charge in [0.25, 0.3) is 0 Å². The van der Waals surface area contributed by atoms with Crippen LogP contribution in [-0.4, -0.2) is 30.1 Å². The van der Waals surface area contributed by atoms with Crippen molar-refractivity contribution in [2.45, 2.75) is 57.6 Å². The number of rotatable bonds is 4. The van der Waals surface area contributed by atoms with Crippen molar-refractivity contribution in [1.82, 2.24) is 4.90 Å². The van der Waals surface area contributed by atoms with Gasteiger partial charge in [0.15, 0.2) is 5.96 Å². The first-order chi connectivity index (χ1) is 10.8. The van der Waals surface area contributed by atoms with Gasteiger partial charge in [-0.15, -0.1) is 24.0 Å². The Morgan fingerprint density at radius 3 is 2.43 bits per heavy atom. The van der Waals surface area contributed by atoms with Gasteiger partial charge in [-0.1, -0.05) is 31.0 Å². The maximum atomic E-state index is 6.19. The Morgan fingerprint density at radius 1 is 1.09 bits per heavy atom. The smallest absolute Gasteiger partial charge is 0.191 e. The summed E-state index contributed by atoms with van der Waals surface area (Å²) in [5.74, 6) is 1.65. The molecule has 1 aromatic rings. The molecule has 1 aliphatic carbocycles. The first-order valence-corrected chi connectivity index (χ1v) is 8.62. The lowest BCUT2D eigenvalue weighted by atomic mass is 9.96. The summed E-state index contributed by atoms with van der Waals surface area (Å²) < 4.78 is 6.06. The van der Waals surface area contributed by atoms with Gasteiger partial charge in [0.05, 0.1) is 12.6 Å². The molecule has 0 spiro atoms. The van der Waals surface area contributed by atoms with Crippen molar-refractivity contribution >= 4 is 29.9 Å². The predicted octanol–water partition coefficient (Wildman–Crippen LogP) is 3.93. The van der Waals surface area contributed by atoms with E-state index in [-0.39, 0.29) is 24.0 Å². The largest absolute Gasteiger partial charge is 0.490 e. The van der Waals surface area contributed by atoms with Crippen molar-refractivity contribution in [1.29, 1.82) is 0 Å². The summed E-state index contributed by atoms with van der Waals surface area (Å²) >= 11 is 0. The lowest BCUT2D eigenvalue weighted by Crippen LogP contribution is -2.38. The summed E-state index contributed by atoms with van der Waals surface area (Å²) in [4.78, 5) is 6.84. The molecule has 128 valence electrons. The summed E-state index contributed by atoms with van der Waals surface area (Å²) in [6, 6.07) is 8.21. The minimum absolute atomic E-state index is 0. The van der Waals surface area contributed by atoms with E-state index in [2.05, 4.69) is 16.0 Å². The van der Waals surface area contributed by atoms with Gasteiger partial charge in [-0.05, 0) is 38.2 Å². The number of nitrogens with two attached hydrogens (primary N) is 1. The van der Waals surface area contributed by atoms with E-state index in [4.69, 9.17) is 10.5 Å². The number of benzene rings is 1. The van der Waals surface area contributed by atoms with E-state index in [0.717, 1.165) is 24.4 Å². The van der Waals surface area contributed by atoms with E-state index in [1.165, 1.54) is 44.9 Å². The molecule has 1 saturated heterocycles. The zero-order valence-electron chi connectivity index (χ0n) is 13.7. The lowest BCUT2D eigenvalue weighted by Gasteiger charge is -2.27. The molecule has 0 unspecified atom stereocenters. The third kappa shape index (κ3) is 5.26. The molecule has 4 nitrogen and oxygen atoms in total. The van der Waals surface area contributed by atoms with E-state index in [0.29, 0.717) is 18.6 Å². The fraction of sp³-hybridized carbons (Fsp3) is 0.611. The molecule has 0 atom stereocenters. The Labute approximate surface area is 156 Å². The third-order valence-corrected chi connectivity index (χ3v) is 4.66. The highest BCUT2D eigenvalue weighted by Crippen LogP contribution is 2.27. The number of likely N-dealkylation sites (tertiary alicyclic amines) is 1. The molecule has 2 fully saturated rings. The zero-order valence-corrected chi connectivity index (χ0v) is 16.1. The highest BCUT2D eigenvalue weighted by atomic mass is 127. The summed E-state index contributed by atoms with van der Waals surface area (Å²) in [7, 11) is 0. The van der Waals surface area contributed by atoms with Crippen LogP contribution >= 0.6 is 24.0 Å². The average Bonchev–Trinajstić information content (AvgIpc) is 2.78. The van der Waals surface area contributed by atoms with Crippen LogP contribution in [0.5, 0.6) is 5.75 Å². The van der Waals surface area contributed by atoms with Gasteiger partial charge in [0.1, 0.15) is 5.75 Å². The summed E-state index contributed by atoms with van der Waals surface area (Å²) in [5, 5.41) is 0. The molecule has 3 rings (SSSR count). The molecule has 1 saturated carbocycles. The van der Waals surface area contributed by atoms with Gasteiger partial charge >= 0.3 is 0 Å². The SMILES string of the molecule is I.NC(=NCc1ccccc1OC1CCC1)N1CCCCCC1. The monoisotopic (exact) mass is 429 g/mol. The minimum atomic E-state index is 0. The standard InChI is InChI=1S/C18H27N3O.HI/c19-18(21-12-5-1-2-6-13-21)20-14-15-8-3-4-11-17(15)22-16-9-7-10-16;/h3-4,8,11,16H,1-2,5-7,9-10,12-14H2,(H2,19,20);1H. The molecule has 1 heterocycles. The van der Waals surface area contributed by atoms with Crippen molar-refractivity contribution < 1.29 is 4.74 Å². The maximum absolute atomic E-state index is 6.19. The predicted molar refractivity (Wildman–Crippen MR) is 105 cm³/mol. The first-order valence-electron chi connectivity index (χ1n) is 8.62. The van der Waals surface area contributed by atoms with Crippen LogP contribution in [0.25, 0.3) is 0 Å². The Hall–Kier alpha value is -0.980. The van der Waals surface area contributed by atoms with Crippen LogP contribution in [-0.2, 0) is 6.54 Å². The van der Waals surface area contributed by atoms with Gasteiger partial charge in [-0.2, -0.15) is 0 Å². The summed E-state index contributed by atoms with van der Waals surface area (Å²) in [5.41, 5.74) is 7.32. The van der Waals surface area contributed by atoms with Crippen LogP contribution < -0.4 is 10.5 Å². The van der Waals surface area contributed by atoms with Crippen molar-refractivity contribution in [3.05, 3.63) is 29.8 Å². The molecular formula is C18H28IN3O. The molecule has 1 aliphatic heterocycles. The first kappa shape index (κ1) is 18.4. The highest BCUT2D eigenvalue weighted by molar-refractivity contribution is 14.0. The molecule has 0 amide bonds. The maximum Gasteiger partial charge on any atom is 0.191 e. The average molecular weight is 429 g/mol. The van der Waals surface area contributed by atoms with Crippen LogP contribution in [0.3, 0.4) is 0 Å². The number of hydrogen-bond donors (Lipinski definition) is 1. The number of ether oxygens (including phenoxy) is 1. The van der Waals surface area contributed by atoms with E-state index in [1.54, 1.807) is 0 Å². The number of hydrogen-bond acceptors (Lipinski definition) is 2. The fourth-order valence-corrected chi connectivity index (χ4v) is 2.98. The Bertz CT molecular complexity index is 509. The second-order valence-corrected chi connectivity index (χ2v) is 6.35. The van der Waals surface area contributed by atoms with Crippen molar-refractivity contribution in [2.24, 2.45) is 10.7 Å². The topological polar surface area (TPSA) is 50.9 Å². The second-order valence-electron chi connectivity index (χ2n) is 6.35. The zero-order chi connectivity index (χ0) is 15.2. The lowest BCUT2D eigenvalue weighted by molar-refractivity contribution is 0.119. The highest BCUT2D eigenvalue weighted by Gasteiger charge is 2.20. The second kappa shape index (κ2) is 9.35. The molecule has 0 aromatic heterocycles. The van der Waals surface area contributed by atoms with Gasteiger partial charge in [-0.25, -0.2) is 4.99 Å². The van der Waals surface area contributed by atoms with E-state index >= 15 is 0 Å². The quantitative estimate of drug-likeness (QED) is 0.449. The van der Waals surface area contributed by atoms with Crippen molar-refractivity contribution in [3.8, 4) is 5.75 Å². The van der Waals surface area contributed by atoms with Crippen LogP contribution in [0.2, 0.25) is 0 Å². The Kier molecular flexibility index (Phi) is 7.46. The fourth-order valence-electron chi connectivity index (χ4n) is 2.98. The minimum Gasteiger partial charge on any atom is -0.490 e. The number of aliphatic imine (C=N–C) groups is 1. The molecule has 0 radical (unpaired) electrons. The molecule has 23 heavy (non-hydrogen) atoms. The van der Waals surface area contributed by atoms with Gasteiger partial charge in [0, 0.05) is 18.7 Å². The number of guanidine groups is 1. The Morgan fingerprint density at radius 2 is 1.78 bits per heavy atom. The van der Waals surface area contributed by atoms with Crippen LogP contribution in [0.1, 0.15) is 50.5 Å². The van der Waals surface area contributed by atoms with Crippen molar-refractivity contribution in [3.63, 3.8) is 0 Å². The van der Waals surface area contributed by atoms with Gasteiger partial charge < -0.3 is 15.4 Å². The van der Waals surface area contributed by atoms with E-state index in [9.17, 15) is 0 Å². The Balaban J connectivity index is 0.00000192. The number of nitrogens with zero attached hydrogens (tertiary/aromatic N) is 2. The van der Waals surface area contributed by atoms with Gasteiger partial charge in [-0.3, -0.25) is 0 Å². The number of halogens is 1. The molecular weight excluding hydrogens is 401 g/mol. The van der Waals surface area contributed by atoms with Crippen LogP contribution in [0.4, 0.5) is 0 Å².